The van der Waals surface area contributed by atoms with Crippen molar-refractivity contribution in [1.29, 1.82) is 10.8 Å². The summed E-state index contributed by atoms with van der Waals surface area (Å²) in [6, 6.07) is 26.1. The molecule has 0 aliphatic heterocycles. The van der Waals surface area contributed by atoms with Crippen molar-refractivity contribution in [3.8, 4) is 11.1 Å². The van der Waals surface area contributed by atoms with Crippen molar-refractivity contribution in [2.45, 2.75) is 73.3 Å². The number of rotatable bonds is 8. The SMILES string of the molecule is C=C(CCc1ccc(CC)cc1)c1c(C)cccc1-c1ccccc1.C=C/C(=C\C)C(=N)N.CC(C)(C)OC(N)=O.CC=N. The maximum absolute atomic E-state index is 10.0. The first-order chi connectivity index (χ1) is 20.7. The van der Waals surface area contributed by atoms with Crippen LogP contribution in [0, 0.1) is 17.7 Å². The van der Waals surface area contributed by atoms with Crippen molar-refractivity contribution in [3.63, 3.8) is 0 Å². The Morgan fingerprint density at radius 2 is 1.48 bits per heavy atom. The Hall–Kier alpha value is -4.71. The van der Waals surface area contributed by atoms with Gasteiger partial charge in [-0.05, 0) is 106 Å². The van der Waals surface area contributed by atoms with Crippen LogP contribution >= 0.6 is 0 Å². The molecular weight excluding hydrogens is 544 g/mol. The standard InChI is InChI=1S/C25H26.C6H10N2.C5H11NO2.C2H5N/c1-4-21-15-17-22(18-16-21)14-13-20(3)25-19(2)9-8-12-24(25)23-10-6-5-7-11-23;1-3-5(4-2)6(7)8;1-5(2,3)8-4(6)7;1-2-3/h5-12,15-18H,3-4,13-14H2,1-2H3;3-4H,1H2,2H3,(H3,7,8);1-3H3,(H2,6,7);2-3H,1H3/b;5-4+;;. The fourth-order valence-corrected chi connectivity index (χ4v) is 4.04. The number of carbonyl (C=O) groups is 1. The summed E-state index contributed by atoms with van der Waals surface area (Å²) < 4.78 is 4.58. The minimum Gasteiger partial charge on any atom is -0.444 e. The van der Waals surface area contributed by atoms with Gasteiger partial charge in [-0.3, -0.25) is 5.41 Å². The summed E-state index contributed by atoms with van der Waals surface area (Å²) in [5.74, 6) is 0.0718. The van der Waals surface area contributed by atoms with E-state index in [0.717, 1.165) is 19.3 Å². The van der Waals surface area contributed by atoms with E-state index in [4.69, 9.17) is 22.3 Å². The van der Waals surface area contributed by atoms with Gasteiger partial charge in [0, 0.05) is 5.57 Å². The highest BCUT2D eigenvalue weighted by molar-refractivity contribution is 5.96. The van der Waals surface area contributed by atoms with Gasteiger partial charge in [0.05, 0.1) is 0 Å². The molecule has 0 spiro atoms. The zero-order valence-electron chi connectivity index (χ0n) is 27.7. The number of primary amides is 1. The van der Waals surface area contributed by atoms with Gasteiger partial charge in [-0.15, -0.1) is 0 Å². The summed E-state index contributed by atoms with van der Waals surface area (Å²) in [6.45, 7) is 21.0. The lowest BCUT2D eigenvalue weighted by atomic mass is 9.89. The molecule has 44 heavy (non-hydrogen) atoms. The van der Waals surface area contributed by atoms with E-state index in [1.807, 2.05) is 6.92 Å². The van der Waals surface area contributed by atoms with Crippen LogP contribution in [0.2, 0.25) is 0 Å². The van der Waals surface area contributed by atoms with Crippen molar-refractivity contribution >= 4 is 23.7 Å². The molecule has 0 unspecified atom stereocenters. The van der Waals surface area contributed by atoms with Crippen LogP contribution in [0.4, 0.5) is 4.79 Å². The van der Waals surface area contributed by atoms with Crippen LogP contribution in [-0.4, -0.2) is 23.7 Å². The quantitative estimate of drug-likeness (QED) is 0.117. The molecule has 0 aromatic heterocycles. The fraction of sp³-hybridized carbons (Fsp3) is 0.289. The Bertz CT molecular complexity index is 1370. The van der Waals surface area contributed by atoms with Crippen LogP contribution in [0.15, 0.2) is 104 Å². The zero-order chi connectivity index (χ0) is 33.7. The zero-order valence-corrected chi connectivity index (χ0v) is 27.7. The molecule has 3 aromatic carbocycles. The number of hydrogen-bond donors (Lipinski definition) is 4. The fourth-order valence-electron chi connectivity index (χ4n) is 4.04. The normalized spacial score (nSPS) is 10.3. The van der Waals surface area contributed by atoms with Crippen molar-refractivity contribution < 1.29 is 9.53 Å². The van der Waals surface area contributed by atoms with Crippen molar-refractivity contribution in [1.82, 2.24) is 0 Å². The van der Waals surface area contributed by atoms with Crippen LogP contribution < -0.4 is 11.5 Å². The first-order valence-corrected chi connectivity index (χ1v) is 14.7. The number of ether oxygens (including phenoxy) is 1. The lowest BCUT2D eigenvalue weighted by Gasteiger charge is -2.16. The predicted molar refractivity (Wildman–Crippen MR) is 191 cm³/mol. The van der Waals surface area contributed by atoms with Crippen molar-refractivity contribution in [3.05, 3.63) is 126 Å². The minimum absolute atomic E-state index is 0.0718. The molecule has 6 N–H and O–H groups in total. The Morgan fingerprint density at radius 3 is 1.86 bits per heavy atom. The summed E-state index contributed by atoms with van der Waals surface area (Å²) >= 11 is 0. The van der Waals surface area contributed by atoms with Gasteiger partial charge >= 0.3 is 6.09 Å². The van der Waals surface area contributed by atoms with E-state index in [1.165, 1.54) is 45.2 Å². The van der Waals surface area contributed by atoms with Crippen molar-refractivity contribution in [2.24, 2.45) is 11.5 Å². The molecule has 1 amide bonds. The van der Waals surface area contributed by atoms with E-state index in [-0.39, 0.29) is 5.84 Å². The lowest BCUT2D eigenvalue weighted by Crippen LogP contribution is -2.27. The van der Waals surface area contributed by atoms with Gasteiger partial charge in [0.1, 0.15) is 11.4 Å². The number of benzene rings is 3. The molecule has 6 heteroatoms. The topological polar surface area (TPSA) is 126 Å². The van der Waals surface area contributed by atoms with E-state index >= 15 is 0 Å². The van der Waals surface area contributed by atoms with Gasteiger partial charge in [0.2, 0.25) is 0 Å². The molecule has 3 aromatic rings. The van der Waals surface area contributed by atoms with E-state index in [0.29, 0.717) is 5.57 Å². The smallest absolute Gasteiger partial charge is 0.405 e. The number of amides is 1. The number of aryl methyl sites for hydroxylation is 3. The van der Waals surface area contributed by atoms with E-state index in [2.05, 4.69) is 105 Å². The number of hydrogen-bond acceptors (Lipinski definition) is 4. The molecule has 0 bridgehead atoms. The van der Waals surface area contributed by atoms with Gasteiger partial charge in [0.25, 0.3) is 0 Å². The van der Waals surface area contributed by atoms with Gasteiger partial charge in [-0.1, -0.05) is 105 Å². The molecule has 0 aliphatic carbocycles. The lowest BCUT2D eigenvalue weighted by molar-refractivity contribution is 0.0600. The minimum atomic E-state index is -0.725. The molecule has 0 fully saturated rings. The van der Waals surface area contributed by atoms with Gasteiger partial charge < -0.3 is 21.6 Å². The maximum atomic E-state index is 10.0. The van der Waals surface area contributed by atoms with Crippen LogP contribution in [0.1, 0.15) is 70.2 Å². The highest BCUT2D eigenvalue weighted by Crippen LogP contribution is 2.33. The largest absolute Gasteiger partial charge is 0.444 e. The third-order valence-electron chi connectivity index (χ3n) is 6.11. The van der Waals surface area contributed by atoms with Crippen LogP contribution in [0.5, 0.6) is 0 Å². The van der Waals surface area contributed by atoms with E-state index in [1.54, 1.807) is 39.8 Å². The van der Waals surface area contributed by atoms with Crippen LogP contribution in [0.25, 0.3) is 16.7 Å². The number of amidine groups is 1. The Kier molecular flexibility index (Phi) is 18.8. The molecule has 236 valence electrons. The van der Waals surface area contributed by atoms with E-state index < -0.39 is 11.7 Å². The summed E-state index contributed by atoms with van der Waals surface area (Å²) in [6.07, 6.45) is 6.94. The Balaban J connectivity index is 0.000000799. The maximum Gasteiger partial charge on any atom is 0.405 e. The first-order valence-electron chi connectivity index (χ1n) is 14.7. The predicted octanol–water partition coefficient (Wildman–Crippen LogP) is 9.46. The molecule has 0 aliphatic rings. The monoisotopic (exact) mass is 596 g/mol. The highest BCUT2D eigenvalue weighted by atomic mass is 16.6. The van der Waals surface area contributed by atoms with Gasteiger partial charge in [-0.2, -0.15) is 0 Å². The molecular formula is C38H52N4O2. The molecule has 0 saturated heterocycles. The summed E-state index contributed by atoms with van der Waals surface area (Å²) in [5.41, 5.74) is 19.2. The second-order valence-electron chi connectivity index (χ2n) is 10.8. The van der Waals surface area contributed by atoms with Crippen LogP contribution in [0.3, 0.4) is 0 Å². The number of carbonyl (C=O) groups excluding carboxylic acids is 1. The molecule has 0 saturated carbocycles. The summed E-state index contributed by atoms with van der Waals surface area (Å²) in [5, 5.41) is 13.0. The Morgan fingerprint density at radius 1 is 0.932 bits per heavy atom. The van der Waals surface area contributed by atoms with E-state index in [9.17, 15) is 4.79 Å². The average molecular weight is 597 g/mol. The number of nitrogens with two attached hydrogens (primary N) is 2. The molecule has 0 radical (unpaired) electrons. The third kappa shape index (κ3) is 16.1. The molecule has 0 heterocycles. The molecule has 6 nitrogen and oxygen atoms in total. The average Bonchev–Trinajstić information content (AvgIpc) is 2.97. The first kappa shape index (κ1) is 39.3. The van der Waals surface area contributed by atoms with Gasteiger partial charge in [-0.25, -0.2) is 4.79 Å². The number of nitrogens with one attached hydrogen (secondary N) is 2. The second-order valence-corrected chi connectivity index (χ2v) is 10.8. The van der Waals surface area contributed by atoms with Crippen LogP contribution in [-0.2, 0) is 17.6 Å². The molecule has 0 atom stereocenters. The second kappa shape index (κ2) is 21.1. The summed E-state index contributed by atoms with van der Waals surface area (Å²) in [7, 11) is 0. The number of allylic oxidation sites excluding steroid dienone is 2. The van der Waals surface area contributed by atoms with Crippen molar-refractivity contribution in [2.75, 3.05) is 0 Å². The highest BCUT2D eigenvalue weighted by Gasteiger charge is 2.13. The third-order valence-corrected chi connectivity index (χ3v) is 6.11. The summed E-state index contributed by atoms with van der Waals surface area (Å²) in [4.78, 5) is 10.0. The Labute approximate surface area is 265 Å². The molecule has 3 rings (SSSR count). The van der Waals surface area contributed by atoms with Gasteiger partial charge in [0.15, 0.2) is 0 Å².